The standard InChI is InChI=1S/C19H15NO4/c1-13(19(22)23)24-17-4-2-3-14(11-17)7-10-18(21)16-8-5-15(12-20)6-9-16/h2-11,13H,1H3,(H,22,23)/b10-7+/t13-/m0/s1. The summed E-state index contributed by atoms with van der Waals surface area (Å²) in [6.45, 7) is 1.44. The third kappa shape index (κ3) is 4.55. The van der Waals surface area contributed by atoms with E-state index in [1.807, 2.05) is 6.07 Å². The Bertz CT molecular complexity index is 816. The topological polar surface area (TPSA) is 87.4 Å². The maximum absolute atomic E-state index is 12.1. The monoisotopic (exact) mass is 321 g/mol. The normalized spacial score (nSPS) is 11.7. The molecule has 0 saturated heterocycles. The molecular weight excluding hydrogens is 306 g/mol. The SMILES string of the molecule is C[C@H](Oc1cccc(/C=C/C(=O)c2ccc(C#N)cc2)c1)C(=O)O. The minimum absolute atomic E-state index is 0.190. The number of benzene rings is 2. The number of carboxylic acid groups (broad SMARTS) is 1. The molecule has 5 heteroatoms. The van der Waals surface area contributed by atoms with Gasteiger partial charge in [-0.3, -0.25) is 4.79 Å². The van der Waals surface area contributed by atoms with Crippen LogP contribution in [0.15, 0.2) is 54.6 Å². The molecule has 120 valence electrons. The third-order valence-electron chi connectivity index (χ3n) is 3.24. The number of allylic oxidation sites excluding steroid dienone is 1. The second-order valence-corrected chi connectivity index (χ2v) is 5.06. The average molecular weight is 321 g/mol. The van der Waals surface area contributed by atoms with Gasteiger partial charge in [-0.25, -0.2) is 4.79 Å². The van der Waals surface area contributed by atoms with Crippen LogP contribution in [0.4, 0.5) is 0 Å². The summed E-state index contributed by atoms with van der Waals surface area (Å²) in [5.41, 5.74) is 1.69. The van der Waals surface area contributed by atoms with Gasteiger partial charge in [-0.15, -0.1) is 0 Å². The van der Waals surface area contributed by atoms with E-state index in [-0.39, 0.29) is 5.78 Å². The number of ketones is 1. The van der Waals surface area contributed by atoms with Gasteiger partial charge < -0.3 is 9.84 Å². The molecule has 24 heavy (non-hydrogen) atoms. The fourth-order valence-electron chi connectivity index (χ4n) is 1.92. The highest BCUT2D eigenvalue weighted by Gasteiger charge is 2.12. The fraction of sp³-hybridized carbons (Fsp3) is 0.105. The summed E-state index contributed by atoms with van der Waals surface area (Å²) in [5, 5.41) is 17.6. The van der Waals surface area contributed by atoms with Gasteiger partial charge in [0.25, 0.3) is 0 Å². The lowest BCUT2D eigenvalue weighted by Gasteiger charge is -2.10. The summed E-state index contributed by atoms with van der Waals surface area (Å²) in [7, 11) is 0. The van der Waals surface area contributed by atoms with Crippen LogP contribution in [0.3, 0.4) is 0 Å². The van der Waals surface area contributed by atoms with Crippen molar-refractivity contribution < 1.29 is 19.4 Å². The summed E-state index contributed by atoms with van der Waals surface area (Å²) in [5.74, 6) is -0.825. The number of carbonyl (C=O) groups is 2. The van der Waals surface area contributed by atoms with E-state index in [2.05, 4.69) is 0 Å². The lowest BCUT2D eigenvalue weighted by Crippen LogP contribution is -2.22. The summed E-state index contributed by atoms with van der Waals surface area (Å²) < 4.78 is 5.28. The lowest BCUT2D eigenvalue weighted by molar-refractivity contribution is -0.144. The molecule has 0 amide bonds. The van der Waals surface area contributed by atoms with Gasteiger partial charge in [0, 0.05) is 5.56 Å². The molecule has 5 nitrogen and oxygen atoms in total. The van der Waals surface area contributed by atoms with Gasteiger partial charge in [-0.2, -0.15) is 5.26 Å². The number of ether oxygens (including phenoxy) is 1. The van der Waals surface area contributed by atoms with Crippen LogP contribution in [0.25, 0.3) is 6.08 Å². The van der Waals surface area contributed by atoms with Gasteiger partial charge in [0.2, 0.25) is 0 Å². The summed E-state index contributed by atoms with van der Waals surface area (Å²) in [4.78, 5) is 22.9. The van der Waals surface area contributed by atoms with Crippen molar-refractivity contribution in [1.82, 2.24) is 0 Å². The highest BCUT2D eigenvalue weighted by molar-refractivity contribution is 6.06. The number of rotatable bonds is 6. The number of hydrogen-bond donors (Lipinski definition) is 1. The molecule has 0 unspecified atom stereocenters. The third-order valence-corrected chi connectivity index (χ3v) is 3.24. The van der Waals surface area contributed by atoms with Crippen molar-refractivity contribution in [2.45, 2.75) is 13.0 Å². The van der Waals surface area contributed by atoms with Crippen LogP contribution in [0.2, 0.25) is 0 Å². The van der Waals surface area contributed by atoms with Crippen molar-refractivity contribution in [3.63, 3.8) is 0 Å². The van der Waals surface area contributed by atoms with Crippen molar-refractivity contribution in [1.29, 1.82) is 5.26 Å². The van der Waals surface area contributed by atoms with E-state index in [0.717, 1.165) is 0 Å². The van der Waals surface area contributed by atoms with E-state index in [9.17, 15) is 9.59 Å². The fourth-order valence-corrected chi connectivity index (χ4v) is 1.92. The molecule has 0 aliphatic heterocycles. The van der Waals surface area contributed by atoms with Crippen LogP contribution in [0.5, 0.6) is 5.75 Å². The van der Waals surface area contributed by atoms with Crippen LogP contribution in [0.1, 0.15) is 28.4 Å². The summed E-state index contributed by atoms with van der Waals surface area (Å²) in [6.07, 6.45) is 2.09. The van der Waals surface area contributed by atoms with Crippen LogP contribution in [-0.4, -0.2) is 23.0 Å². The smallest absolute Gasteiger partial charge is 0.344 e. The number of nitrogens with zero attached hydrogens (tertiary/aromatic N) is 1. The molecule has 0 aromatic heterocycles. The zero-order chi connectivity index (χ0) is 17.5. The Kier molecular flexibility index (Phi) is 5.48. The molecule has 0 aliphatic carbocycles. The van der Waals surface area contributed by atoms with Crippen LogP contribution in [0, 0.1) is 11.3 Å². The van der Waals surface area contributed by atoms with E-state index < -0.39 is 12.1 Å². The molecular formula is C19H15NO4. The maximum Gasteiger partial charge on any atom is 0.344 e. The van der Waals surface area contributed by atoms with Gasteiger partial charge in [0.1, 0.15) is 5.75 Å². The van der Waals surface area contributed by atoms with Crippen molar-refractivity contribution in [3.8, 4) is 11.8 Å². The molecule has 0 radical (unpaired) electrons. The Labute approximate surface area is 139 Å². The number of carboxylic acids is 1. The van der Waals surface area contributed by atoms with E-state index in [1.165, 1.54) is 13.0 Å². The van der Waals surface area contributed by atoms with Crippen molar-refractivity contribution in [2.24, 2.45) is 0 Å². The Morgan fingerprint density at radius 1 is 1.21 bits per heavy atom. The van der Waals surface area contributed by atoms with Crippen LogP contribution in [-0.2, 0) is 4.79 Å². The van der Waals surface area contributed by atoms with E-state index in [1.54, 1.807) is 54.6 Å². The van der Waals surface area contributed by atoms with Gasteiger partial charge >= 0.3 is 5.97 Å². The first-order valence-corrected chi connectivity index (χ1v) is 7.21. The molecule has 0 bridgehead atoms. The zero-order valence-corrected chi connectivity index (χ0v) is 13.0. The predicted octanol–water partition coefficient (Wildman–Crippen LogP) is 3.31. The van der Waals surface area contributed by atoms with Gasteiger partial charge in [-0.1, -0.05) is 18.2 Å². The highest BCUT2D eigenvalue weighted by atomic mass is 16.5. The predicted molar refractivity (Wildman–Crippen MR) is 88.7 cm³/mol. The van der Waals surface area contributed by atoms with Crippen molar-refractivity contribution >= 4 is 17.8 Å². The largest absolute Gasteiger partial charge is 0.479 e. The quantitative estimate of drug-likeness (QED) is 0.651. The van der Waals surface area contributed by atoms with Crippen molar-refractivity contribution in [3.05, 3.63) is 71.3 Å². The van der Waals surface area contributed by atoms with E-state index >= 15 is 0 Å². The minimum atomic E-state index is -1.05. The first kappa shape index (κ1) is 17.0. The molecule has 1 N–H and O–H groups in total. The second kappa shape index (κ2) is 7.75. The van der Waals surface area contributed by atoms with Gasteiger partial charge in [0.05, 0.1) is 11.6 Å². The first-order valence-electron chi connectivity index (χ1n) is 7.21. The van der Waals surface area contributed by atoms with Gasteiger partial charge in [0.15, 0.2) is 11.9 Å². The highest BCUT2D eigenvalue weighted by Crippen LogP contribution is 2.16. The molecule has 2 aromatic carbocycles. The lowest BCUT2D eigenvalue weighted by atomic mass is 10.1. The Morgan fingerprint density at radius 2 is 1.92 bits per heavy atom. The number of aliphatic carboxylic acids is 1. The Balaban J connectivity index is 2.09. The summed E-state index contributed by atoms with van der Waals surface area (Å²) in [6, 6.07) is 15.2. The molecule has 2 rings (SSSR count). The number of carbonyl (C=O) groups excluding carboxylic acids is 1. The van der Waals surface area contributed by atoms with Crippen LogP contribution < -0.4 is 4.74 Å². The molecule has 2 aromatic rings. The van der Waals surface area contributed by atoms with Gasteiger partial charge in [-0.05, 0) is 55.0 Å². The minimum Gasteiger partial charge on any atom is -0.479 e. The van der Waals surface area contributed by atoms with Crippen molar-refractivity contribution in [2.75, 3.05) is 0 Å². The average Bonchev–Trinajstić information content (AvgIpc) is 2.60. The van der Waals surface area contributed by atoms with E-state index in [0.29, 0.717) is 22.4 Å². The Morgan fingerprint density at radius 3 is 2.54 bits per heavy atom. The first-order chi connectivity index (χ1) is 11.5. The molecule has 0 heterocycles. The Hall–Kier alpha value is -3.39. The second-order valence-electron chi connectivity index (χ2n) is 5.06. The molecule has 1 atom stereocenters. The molecule has 0 aliphatic rings. The summed E-state index contributed by atoms with van der Waals surface area (Å²) >= 11 is 0. The van der Waals surface area contributed by atoms with Crippen LogP contribution >= 0.6 is 0 Å². The van der Waals surface area contributed by atoms with E-state index in [4.69, 9.17) is 15.1 Å². The molecule has 0 fully saturated rings. The number of nitriles is 1. The maximum atomic E-state index is 12.1. The number of hydrogen-bond acceptors (Lipinski definition) is 4. The zero-order valence-electron chi connectivity index (χ0n) is 13.0. The molecule has 0 spiro atoms. The molecule has 0 saturated carbocycles.